The molecule has 1 aliphatic rings. The second-order valence-electron chi connectivity index (χ2n) is 7.44. The molecule has 0 spiro atoms. The average Bonchev–Trinajstić information content (AvgIpc) is 3.52. The molecule has 0 saturated heterocycles. The number of rotatable bonds is 7. The van der Waals surface area contributed by atoms with E-state index in [0.29, 0.717) is 24.0 Å². The smallest absolute Gasteiger partial charge is 0.237 e. The van der Waals surface area contributed by atoms with Gasteiger partial charge in [-0.05, 0) is 17.7 Å². The molecule has 0 unspecified atom stereocenters. The van der Waals surface area contributed by atoms with Gasteiger partial charge in [-0.1, -0.05) is 67.2 Å². The van der Waals surface area contributed by atoms with Crippen LogP contribution in [0.3, 0.4) is 0 Å². The summed E-state index contributed by atoms with van der Waals surface area (Å²) in [5.74, 6) is 4.36. The first-order valence-electron chi connectivity index (χ1n) is 10.00. The third-order valence-corrected chi connectivity index (χ3v) is 5.80. The fourth-order valence-corrected chi connectivity index (χ4v) is 4.02. The summed E-state index contributed by atoms with van der Waals surface area (Å²) in [6.45, 7) is 4.92. The lowest BCUT2D eigenvalue weighted by molar-refractivity contribution is 0.174. The van der Waals surface area contributed by atoms with Crippen molar-refractivity contribution in [1.82, 2.24) is 24.9 Å². The van der Waals surface area contributed by atoms with Gasteiger partial charge in [-0.15, -0.1) is 10.2 Å². The molecule has 2 aromatic heterocycles. The maximum absolute atomic E-state index is 5.53. The standard InChI is InChI=1S/C22H21N5O3S/c1-14(2)20-23-19(30-26-20)12-31-22-25-24-21(16-6-4-3-5-7-16)27(22)11-15-8-9-17-18(10-15)29-13-28-17/h3-10,14H,11-13H2,1-2H3. The zero-order valence-electron chi connectivity index (χ0n) is 17.2. The van der Waals surface area contributed by atoms with E-state index < -0.39 is 0 Å². The van der Waals surface area contributed by atoms with Crippen molar-refractivity contribution < 1.29 is 14.0 Å². The summed E-state index contributed by atoms with van der Waals surface area (Å²) in [6.07, 6.45) is 0. The Morgan fingerprint density at radius 2 is 1.87 bits per heavy atom. The molecule has 0 fully saturated rings. The number of hydrogen-bond acceptors (Lipinski definition) is 8. The van der Waals surface area contributed by atoms with E-state index >= 15 is 0 Å². The van der Waals surface area contributed by atoms with E-state index in [1.807, 2.05) is 62.4 Å². The predicted molar refractivity (Wildman–Crippen MR) is 115 cm³/mol. The largest absolute Gasteiger partial charge is 0.454 e. The molecule has 8 nitrogen and oxygen atoms in total. The number of thioether (sulfide) groups is 1. The van der Waals surface area contributed by atoms with Gasteiger partial charge in [0.05, 0.1) is 12.3 Å². The third-order valence-electron chi connectivity index (χ3n) is 4.85. The van der Waals surface area contributed by atoms with Crippen molar-refractivity contribution in [1.29, 1.82) is 0 Å². The van der Waals surface area contributed by atoms with Crippen LogP contribution in [0.15, 0.2) is 58.2 Å². The summed E-state index contributed by atoms with van der Waals surface area (Å²) in [5.41, 5.74) is 2.07. The van der Waals surface area contributed by atoms with Crippen LogP contribution in [0, 0.1) is 0 Å². The molecule has 0 saturated carbocycles. The van der Waals surface area contributed by atoms with Crippen LogP contribution in [0.1, 0.15) is 37.0 Å². The quantitative estimate of drug-likeness (QED) is 0.392. The van der Waals surface area contributed by atoms with Gasteiger partial charge < -0.3 is 14.0 Å². The van der Waals surface area contributed by atoms with Crippen molar-refractivity contribution in [2.75, 3.05) is 6.79 Å². The van der Waals surface area contributed by atoms with Crippen LogP contribution in [-0.2, 0) is 12.3 Å². The Morgan fingerprint density at radius 1 is 1.03 bits per heavy atom. The van der Waals surface area contributed by atoms with Crippen LogP contribution in [0.2, 0.25) is 0 Å². The van der Waals surface area contributed by atoms with Crippen LogP contribution in [-0.4, -0.2) is 31.7 Å². The monoisotopic (exact) mass is 435 g/mol. The minimum Gasteiger partial charge on any atom is -0.454 e. The average molecular weight is 436 g/mol. The van der Waals surface area contributed by atoms with Gasteiger partial charge in [0.25, 0.3) is 0 Å². The Kier molecular flexibility index (Phi) is 5.33. The fraction of sp³-hybridized carbons (Fsp3) is 0.273. The second kappa shape index (κ2) is 8.43. The van der Waals surface area contributed by atoms with E-state index in [-0.39, 0.29) is 12.7 Å². The highest BCUT2D eigenvalue weighted by atomic mass is 32.2. The summed E-state index contributed by atoms with van der Waals surface area (Å²) in [6, 6.07) is 16.0. The number of benzene rings is 2. The molecule has 0 aliphatic carbocycles. The summed E-state index contributed by atoms with van der Waals surface area (Å²) in [7, 11) is 0. The van der Waals surface area contributed by atoms with Gasteiger partial charge in [0.15, 0.2) is 28.3 Å². The van der Waals surface area contributed by atoms with E-state index in [9.17, 15) is 0 Å². The van der Waals surface area contributed by atoms with E-state index in [1.54, 1.807) is 0 Å². The summed E-state index contributed by atoms with van der Waals surface area (Å²) in [4.78, 5) is 4.46. The molecule has 31 heavy (non-hydrogen) atoms. The van der Waals surface area contributed by atoms with Crippen molar-refractivity contribution in [3.63, 3.8) is 0 Å². The van der Waals surface area contributed by atoms with Gasteiger partial charge in [0.2, 0.25) is 12.7 Å². The minimum absolute atomic E-state index is 0.224. The molecule has 0 bridgehead atoms. The topological polar surface area (TPSA) is 88.1 Å². The molecule has 3 heterocycles. The zero-order chi connectivity index (χ0) is 21.2. The molecular weight excluding hydrogens is 414 g/mol. The molecule has 0 atom stereocenters. The lowest BCUT2D eigenvalue weighted by Gasteiger charge is -2.10. The Balaban J connectivity index is 1.44. The van der Waals surface area contributed by atoms with Crippen molar-refractivity contribution in [3.05, 3.63) is 65.8 Å². The van der Waals surface area contributed by atoms with Crippen LogP contribution in [0.5, 0.6) is 11.5 Å². The molecule has 0 radical (unpaired) electrons. The molecular formula is C22H21N5O3S. The Bertz CT molecular complexity index is 1190. The van der Waals surface area contributed by atoms with Gasteiger partial charge in [-0.3, -0.25) is 4.57 Å². The molecule has 4 aromatic rings. The second-order valence-corrected chi connectivity index (χ2v) is 8.38. The SMILES string of the molecule is CC(C)c1noc(CSc2nnc(-c3ccccc3)n2Cc2ccc3c(c2)OCO3)n1. The Hall–Kier alpha value is -3.33. The van der Waals surface area contributed by atoms with Gasteiger partial charge >= 0.3 is 0 Å². The van der Waals surface area contributed by atoms with Crippen molar-refractivity contribution >= 4 is 11.8 Å². The Morgan fingerprint density at radius 3 is 2.68 bits per heavy atom. The summed E-state index contributed by atoms with van der Waals surface area (Å²) >= 11 is 1.52. The highest BCUT2D eigenvalue weighted by Crippen LogP contribution is 2.34. The maximum Gasteiger partial charge on any atom is 0.237 e. The van der Waals surface area contributed by atoms with Gasteiger partial charge in [0, 0.05) is 11.5 Å². The molecule has 9 heteroatoms. The first-order valence-corrected chi connectivity index (χ1v) is 11.0. The maximum atomic E-state index is 5.53. The predicted octanol–water partition coefficient (Wildman–Crippen LogP) is 4.52. The number of ether oxygens (including phenoxy) is 2. The van der Waals surface area contributed by atoms with E-state index in [1.165, 1.54) is 11.8 Å². The lowest BCUT2D eigenvalue weighted by Crippen LogP contribution is -2.04. The molecule has 0 N–H and O–H groups in total. The molecule has 2 aromatic carbocycles. The van der Waals surface area contributed by atoms with E-state index in [0.717, 1.165) is 33.6 Å². The number of fused-ring (bicyclic) bond motifs is 1. The van der Waals surface area contributed by atoms with Gasteiger partial charge in [0.1, 0.15) is 0 Å². The fourth-order valence-electron chi connectivity index (χ4n) is 3.25. The summed E-state index contributed by atoms with van der Waals surface area (Å²) in [5, 5.41) is 13.7. The molecule has 5 rings (SSSR count). The van der Waals surface area contributed by atoms with Crippen LogP contribution in [0.25, 0.3) is 11.4 Å². The highest BCUT2D eigenvalue weighted by molar-refractivity contribution is 7.98. The molecule has 0 amide bonds. The van der Waals surface area contributed by atoms with Crippen molar-refractivity contribution in [2.24, 2.45) is 0 Å². The van der Waals surface area contributed by atoms with Crippen LogP contribution >= 0.6 is 11.8 Å². The lowest BCUT2D eigenvalue weighted by atomic mass is 10.2. The Labute approximate surface area is 183 Å². The number of hydrogen-bond donors (Lipinski definition) is 0. The highest BCUT2D eigenvalue weighted by Gasteiger charge is 2.19. The normalized spacial score (nSPS) is 12.6. The third kappa shape index (κ3) is 4.13. The molecule has 158 valence electrons. The number of nitrogens with zero attached hydrogens (tertiary/aromatic N) is 5. The first-order chi connectivity index (χ1) is 15.2. The van der Waals surface area contributed by atoms with Crippen LogP contribution < -0.4 is 9.47 Å². The van der Waals surface area contributed by atoms with E-state index in [4.69, 9.17) is 14.0 Å². The first kappa shape index (κ1) is 19.6. The number of aromatic nitrogens is 5. The summed E-state index contributed by atoms with van der Waals surface area (Å²) < 4.78 is 18.4. The van der Waals surface area contributed by atoms with Gasteiger partial charge in [-0.25, -0.2) is 0 Å². The van der Waals surface area contributed by atoms with Crippen molar-refractivity contribution in [2.45, 2.75) is 37.2 Å². The van der Waals surface area contributed by atoms with Crippen LogP contribution in [0.4, 0.5) is 0 Å². The van der Waals surface area contributed by atoms with Crippen molar-refractivity contribution in [3.8, 4) is 22.9 Å². The molecule has 1 aliphatic heterocycles. The van der Waals surface area contributed by atoms with E-state index in [2.05, 4.69) is 24.9 Å². The minimum atomic E-state index is 0.224. The zero-order valence-corrected chi connectivity index (χ0v) is 18.0. The van der Waals surface area contributed by atoms with Gasteiger partial charge in [-0.2, -0.15) is 4.98 Å².